The van der Waals surface area contributed by atoms with Gasteiger partial charge in [0.05, 0.1) is 7.11 Å². The molecule has 1 fully saturated rings. The molecule has 0 bridgehead atoms. The summed E-state index contributed by atoms with van der Waals surface area (Å²) in [7, 11) is 1.53. The van der Waals surface area contributed by atoms with Crippen LogP contribution in [0.1, 0.15) is 10.4 Å². The van der Waals surface area contributed by atoms with Gasteiger partial charge in [-0.25, -0.2) is 9.37 Å². The number of nitrogens with zero attached hydrogens (tertiary/aromatic N) is 3. The van der Waals surface area contributed by atoms with Gasteiger partial charge in [0.2, 0.25) is 5.88 Å². The van der Waals surface area contributed by atoms with Gasteiger partial charge in [0.25, 0.3) is 5.91 Å². The highest BCUT2D eigenvalue weighted by Crippen LogP contribution is 2.18. The first-order valence-electron chi connectivity index (χ1n) is 7.47. The summed E-state index contributed by atoms with van der Waals surface area (Å²) in [5.41, 5.74) is 1.55. The number of rotatable bonds is 3. The SMILES string of the molecule is COc1cc(C(=O)N2CCN(c3ccc(F)cc3)CC2)ccn1. The fourth-order valence-electron chi connectivity index (χ4n) is 2.66. The quantitative estimate of drug-likeness (QED) is 0.871. The minimum absolute atomic E-state index is 0.0237. The first kappa shape index (κ1) is 15.3. The van der Waals surface area contributed by atoms with Crippen LogP contribution in [0.15, 0.2) is 42.6 Å². The standard InChI is InChI=1S/C17H18FN3O2/c1-23-16-12-13(6-7-19-16)17(22)21-10-8-20(9-11-21)15-4-2-14(18)3-5-15/h2-7,12H,8-11H2,1H3. The monoisotopic (exact) mass is 315 g/mol. The minimum atomic E-state index is -0.241. The smallest absolute Gasteiger partial charge is 0.254 e. The van der Waals surface area contributed by atoms with Crippen molar-refractivity contribution in [2.45, 2.75) is 0 Å². The number of hydrogen-bond donors (Lipinski definition) is 0. The molecule has 0 N–H and O–H groups in total. The molecule has 1 aliphatic rings. The van der Waals surface area contributed by atoms with E-state index < -0.39 is 0 Å². The number of amides is 1. The van der Waals surface area contributed by atoms with Crippen molar-refractivity contribution in [3.05, 3.63) is 54.0 Å². The summed E-state index contributed by atoms with van der Waals surface area (Å²) in [4.78, 5) is 20.5. The van der Waals surface area contributed by atoms with E-state index in [2.05, 4.69) is 9.88 Å². The van der Waals surface area contributed by atoms with Crippen molar-refractivity contribution in [1.82, 2.24) is 9.88 Å². The van der Waals surface area contributed by atoms with E-state index in [1.807, 2.05) is 4.90 Å². The van der Waals surface area contributed by atoms with Crippen molar-refractivity contribution in [3.8, 4) is 5.88 Å². The lowest BCUT2D eigenvalue weighted by atomic mass is 10.2. The average Bonchev–Trinajstić information content (AvgIpc) is 2.62. The van der Waals surface area contributed by atoms with Crippen LogP contribution in [0.4, 0.5) is 10.1 Å². The van der Waals surface area contributed by atoms with Gasteiger partial charge < -0.3 is 14.5 Å². The third-order valence-electron chi connectivity index (χ3n) is 3.95. The zero-order chi connectivity index (χ0) is 16.2. The number of halogens is 1. The third-order valence-corrected chi connectivity index (χ3v) is 3.95. The second kappa shape index (κ2) is 6.64. The van der Waals surface area contributed by atoms with Crippen LogP contribution in [0.2, 0.25) is 0 Å². The van der Waals surface area contributed by atoms with Crippen molar-refractivity contribution < 1.29 is 13.9 Å². The van der Waals surface area contributed by atoms with Gasteiger partial charge in [-0.3, -0.25) is 4.79 Å². The summed E-state index contributed by atoms with van der Waals surface area (Å²) in [6.07, 6.45) is 1.57. The summed E-state index contributed by atoms with van der Waals surface area (Å²) >= 11 is 0. The number of methoxy groups -OCH3 is 1. The van der Waals surface area contributed by atoms with Crippen LogP contribution in [-0.2, 0) is 0 Å². The van der Waals surface area contributed by atoms with Crippen molar-refractivity contribution >= 4 is 11.6 Å². The molecule has 120 valence electrons. The van der Waals surface area contributed by atoms with Gasteiger partial charge in [-0.05, 0) is 30.3 Å². The van der Waals surface area contributed by atoms with Crippen LogP contribution in [0, 0.1) is 5.82 Å². The topological polar surface area (TPSA) is 45.7 Å². The van der Waals surface area contributed by atoms with Crippen molar-refractivity contribution in [1.29, 1.82) is 0 Å². The molecule has 2 heterocycles. The Morgan fingerprint density at radius 1 is 1.13 bits per heavy atom. The van der Waals surface area contributed by atoms with Crippen molar-refractivity contribution in [2.24, 2.45) is 0 Å². The maximum Gasteiger partial charge on any atom is 0.254 e. The number of piperazine rings is 1. The van der Waals surface area contributed by atoms with Gasteiger partial charge in [-0.15, -0.1) is 0 Å². The van der Waals surface area contributed by atoms with E-state index in [0.717, 1.165) is 18.8 Å². The van der Waals surface area contributed by atoms with E-state index in [1.54, 1.807) is 30.5 Å². The molecule has 2 aromatic rings. The van der Waals surface area contributed by atoms with Crippen LogP contribution in [-0.4, -0.2) is 49.1 Å². The molecule has 1 aromatic heterocycles. The first-order valence-corrected chi connectivity index (χ1v) is 7.47. The van der Waals surface area contributed by atoms with Gasteiger partial charge >= 0.3 is 0 Å². The van der Waals surface area contributed by atoms with E-state index in [0.29, 0.717) is 24.5 Å². The number of carbonyl (C=O) groups excluding carboxylic acids is 1. The summed E-state index contributed by atoms with van der Waals surface area (Å²) < 4.78 is 18.0. The molecule has 6 heteroatoms. The Hall–Kier alpha value is -2.63. The molecular formula is C17H18FN3O2. The molecule has 0 atom stereocenters. The second-order valence-corrected chi connectivity index (χ2v) is 5.34. The molecule has 0 spiro atoms. The molecule has 1 amide bonds. The molecule has 0 unspecified atom stereocenters. The zero-order valence-electron chi connectivity index (χ0n) is 12.9. The molecule has 1 aliphatic heterocycles. The Balaban J connectivity index is 1.64. The molecule has 0 saturated carbocycles. The Morgan fingerprint density at radius 3 is 2.48 bits per heavy atom. The fraction of sp³-hybridized carbons (Fsp3) is 0.294. The zero-order valence-corrected chi connectivity index (χ0v) is 12.9. The average molecular weight is 315 g/mol. The summed E-state index contributed by atoms with van der Waals surface area (Å²) in [6, 6.07) is 9.78. The van der Waals surface area contributed by atoms with Crippen molar-refractivity contribution in [2.75, 3.05) is 38.2 Å². The minimum Gasteiger partial charge on any atom is -0.481 e. The van der Waals surface area contributed by atoms with Crippen LogP contribution in [0.5, 0.6) is 5.88 Å². The summed E-state index contributed by atoms with van der Waals surface area (Å²) in [5, 5.41) is 0. The Kier molecular flexibility index (Phi) is 4.41. The van der Waals surface area contributed by atoms with Crippen LogP contribution in [0.25, 0.3) is 0 Å². The van der Waals surface area contributed by atoms with Crippen LogP contribution in [0.3, 0.4) is 0 Å². The number of hydrogen-bond acceptors (Lipinski definition) is 4. The lowest BCUT2D eigenvalue weighted by molar-refractivity contribution is 0.0746. The predicted octanol–water partition coefficient (Wildman–Crippen LogP) is 2.19. The lowest BCUT2D eigenvalue weighted by Crippen LogP contribution is -2.48. The predicted molar refractivity (Wildman–Crippen MR) is 85.3 cm³/mol. The number of benzene rings is 1. The number of aromatic nitrogens is 1. The van der Waals surface area contributed by atoms with Gasteiger partial charge in [0.15, 0.2) is 0 Å². The Labute approximate surface area is 134 Å². The van der Waals surface area contributed by atoms with E-state index in [-0.39, 0.29) is 11.7 Å². The first-order chi connectivity index (χ1) is 11.2. The number of pyridine rings is 1. The number of anilines is 1. The van der Waals surface area contributed by atoms with Crippen LogP contribution >= 0.6 is 0 Å². The molecule has 0 radical (unpaired) electrons. The summed E-state index contributed by atoms with van der Waals surface area (Å²) in [5.74, 6) is 0.166. The maximum absolute atomic E-state index is 13.0. The molecule has 1 saturated heterocycles. The normalized spacial score (nSPS) is 14.7. The number of carbonyl (C=O) groups is 1. The molecule has 1 aromatic carbocycles. The Morgan fingerprint density at radius 2 is 1.83 bits per heavy atom. The Bertz CT molecular complexity index is 682. The van der Waals surface area contributed by atoms with Crippen molar-refractivity contribution in [3.63, 3.8) is 0 Å². The van der Waals surface area contributed by atoms with E-state index in [9.17, 15) is 9.18 Å². The molecule has 3 rings (SSSR count). The summed E-state index contributed by atoms with van der Waals surface area (Å²) in [6.45, 7) is 2.70. The largest absolute Gasteiger partial charge is 0.481 e. The maximum atomic E-state index is 13.0. The van der Waals surface area contributed by atoms with E-state index in [4.69, 9.17) is 4.74 Å². The van der Waals surface area contributed by atoms with Gasteiger partial charge in [-0.1, -0.05) is 0 Å². The van der Waals surface area contributed by atoms with Gasteiger partial charge in [0.1, 0.15) is 5.82 Å². The van der Waals surface area contributed by atoms with E-state index in [1.165, 1.54) is 19.2 Å². The van der Waals surface area contributed by atoms with Gasteiger partial charge in [-0.2, -0.15) is 0 Å². The molecule has 5 nitrogen and oxygen atoms in total. The van der Waals surface area contributed by atoms with Crippen LogP contribution < -0.4 is 9.64 Å². The highest BCUT2D eigenvalue weighted by molar-refractivity contribution is 5.94. The lowest BCUT2D eigenvalue weighted by Gasteiger charge is -2.36. The van der Waals surface area contributed by atoms with E-state index >= 15 is 0 Å². The van der Waals surface area contributed by atoms with Gasteiger partial charge in [0, 0.05) is 49.7 Å². The number of ether oxygens (including phenoxy) is 1. The highest BCUT2D eigenvalue weighted by Gasteiger charge is 2.22. The third kappa shape index (κ3) is 3.41. The second-order valence-electron chi connectivity index (χ2n) is 5.34. The fourth-order valence-corrected chi connectivity index (χ4v) is 2.66. The highest BCUT2D eigenvalue weighted by atomic mass is 19.1. The molecular weight excluding hydrogens is 297 g/mol. The molecule has 23 heavy (non-hydrogen) atoms. The molecule has 0 aliphatic carbocycles.